The minimum atomic E-state index is -4.11. The van der Waals surface area contributed by atoms with E-state index in [0.29, 0.717) is 47.6 Å². The number of hydrogen-bond acceptors (Lipinski definition) is 7. The van der Waals surface area contributed by atoms with Crippen molar-refractivity contribution in [2.75, 3.05) is 36.2 Å². The third kappa shape index (κ3) is 4.32. The van der Waals surface area contributed by atoms with E-state index < -0.39 is 22.5 Å². The van der Waals surface area contributed by atoms with Crippen LogP contribution in [0.25, 0.3) is 0 Å². The first-order valence-electron chi connectivity index (χ1n) is 10.6. The van der Waals surface area contributed by atoms with Gasteiger partial charge < -0.3 is 24.3 Å². The van der Waals surface area contributed by atoms with E-state index in [4.69, 9.17) is 18.9 Å². The number of ether oxygens (including phenoxy) is 4. The van der Waals surface area contributed by atoms with E-state index in [1.54, 1.807) is 42.5 Å². The second-order valence-electron chi connectivity index (χ2n) is 7.77. The van der Waals surface area contributed by atoms with Gasteiger partial charge in [-0.3, -0.25) is 9.10 Å². The summed E-state index contributed by atoms with van der Waals surface area (Å²) in [4.78, 5) is 13.0. The molecule has 0 atom stereocenters. The topological polar surface area (TPSA) is 103 Å². The monoisotopic (exact) mass is 482 g/mol. The average molecular weight is 483 g/mol. The zero-order valence-corrected chi connectivity index (χ0v) is 19.1. The van der Waals surface area contributed by atoms with Gasteiger partial charge in [-0.2, -0.15) is 0 Å². The van der Waals surface area contributed by atoms with Crippen molar-refractivity contribution in [3.05, 3.63) is 66.2 Å². The Bertz CT molecular complexity index is 1360. The molecule has 5 rings (SSSR count). The van der Waals surface area contributed by atoms with Gasteiger partial charge in [-0.1, -0.05) is 12.1 Å². The lowest BCUT2D eigenvalue weighted by Crippen LogP contribution is -2.38. The molecule has 176 valence electrons. The molecule has 10 heteroatoms. The maximum absolute atomic E-state index is 13.7. The molecule has 0 aromatic heterocycles. The number of carbonyl (C=O) groups is 1. The maximum atomic E-state index is 13.7. The number of carbonyl (C=O) groups excluding carboxylic acids is 1. The summed E-state index contributed by atoms with van der Waals surface area (Å²) in [5.74, 6) is 1.41. The first-order valence-corrected chi connectivity index (χ1v) is 12.0. The zero-order chi connectivity index (χ0) is 23.7. The van der Waals surface area contributed by atoms with Gasteiger partial charge in [-0.25, -0.2) is 8.42 Å². The molecule has 3 aromatic rings. The molecule has 9 nitrogen and oxygen atoms in total. The van der Waals surface area contributed by atoms with E-state index in [9.17, 15) is 13.2 Å². The Kier molecular flexibility index (Phi) is 5.66. The maximum Gasteiger partial charge on any atom is 0.264 e. The van der Waals surface area contributed by atoms with Crippen LogP contribution in [-0.4, -0.2) is 40.9 Å². The van der Waals surface area contributed by atoms with Gasteiger partial charge in [-0.05, 0) is 48.9 Å². The Hall–Kier alpha value is -3.92. The summed E-state index contributed by atoms with van der Waals surface area (Å²) in [6.45, 7) is 2.26. The number of rotatable bonds is 6. The lowest BCUT2D eigenvalue weighted by atomic mass is 10.2. The van der Waals surface area contributed by atoms with E-state index in [1.807, 2.05) is 13.0 Å². The standard InChI is InChI=1S/C24H22N2O7S/c1-16-3-2-4-18(11-16)26(14-24(27)25-17-5-7-21-22(12-17)33-15-32-21)34(28,29)19-6-8-20-23(13-19)31-10-9-30-20/h2-8,11-13H,9-10,14-15H2,1H3,(H,25,27). The highest BCUT2D eigenvalue weighted by atomic mass is 32.2. The van der Waals surface area contributed by atoms with Crippen LogP contribution in [0.5, 0.6) is 23.0 Å². The van der Waals surface area contributed by atoms with E-state index in [1.165, 1.54) is 12.1 Å². The minimum absolute atomic E-state index is 0.00543. The van der Waals surface area contributed by atoms with Crippen molar-refractivity contribution in [2.45, 2.75) is 11.8 Å². The predicted molar refractivity (Wildman–Crippen MR) is 124 cm³/mol. The number of benzene rings is 3. The zero-order valence-electron chi connectivity index (χ0n) is 18.3. The normalized spacial score (nSPS) is 13.9. The first kappa shape index (κ1) is 21.9. The second kappa shape index (κ2) is 8.79. The number of nitrogens with zero attached hydrogens (tertiary/aromatic N) is 1. The summed E-state index contributed by atoms with van der Waals surface area (Å²) in [7, 11) is -4.11. The molecular weight excluding hydrogens is 460 g/mol. The van der Waals surface area contributed by atoms with Crippen LogP contribution in [0.4, 0.5) is 11.4 Å². The van der Waals surface area contributed by atoms with E-state index in [0.717, 1.165) is 9.87 Å². The van der Waals surface area contributed by atoms with E-state index in [-0.39, 0.29) is 11.7 Å². The highest BCUT2D eigenvalue weighted by Gasteiger charge is 2.29. The number of anilines is 2. The summed E-state index contributed by atoms with van der Waals surface area (Å²) in [5.41, 5.74) is 1.70. The Morgan fingerprint density at radius 2 is 1.59 bits per heavy atom. The molecule has 3 aromatic carbocycles. The quantitative estimate of drug-likeness (QED) is 0.575. The third-order valence-corrected chi connectivity index (χ3v) is 7.10. The molecule has 2 aliphatic rings. The summed E-state index contributed by atoms with van der Waals surface area (Å²) in [6, 6.07) is 16.4. The van der Waals surface area contributed by atoms with Crippen molar-refractivity contribution in [3.8, 4) is 23.0 Å². The predicted octanol–water partition coefficient (Wildman–Crippen LogP) is 3.33. The van der Waals surface area contributed by atoms with E-state index >= 15 is 0 Å². The van der Waals surface area contributed by atoms with Crippen molar-refractivity contribution in [1.82, 2.24) is 0 Å². The number of hydrogen-bond donors (Lipinski definition) is 1. The summed E-state index contributed by atoms with van der Waals surface area (Å²) >= 11 is 0. The average Bonchev–Trinajstić information content (AvgIpc) is 3.30. The van der Waals surface area contributed by atoms with Gasteiger partial charge in [-0.15, -0.1) is 0 Å². The number of sulfonamides is 1. The number of nitrogens with one attached hydrogen (secondary N) is 1. The SMILES string of the molecule is Cc1cccc(N(CC(=O)Nc2ccc3c(c2)OCO3)S(=O)(=O)c2ccc3c(c2)OCCO3)c1. The van der Waals surface area contributed by atoms with Crippen LogP contribution in [0.15, 0.2) is 65.6 Å². The molecule has 0 saturated carbocycles. The van der Waals surface area contributed by atoms with Gasteiger partial charge >= 0.3 is 0 Å². The van der Waals surface area contributed by atoms with Gasteiger partial charge in [0.2, 0.25) is 12.7 Å². The molecule has 0 unspecified atom stereocenters. The van der Waals surface area contributed by atoms with Crippen molar-refractivity contribution < 1.29 is 32.2 Å². The second-order valence-corrected chi connectivity index (χ2v) is 9.63. The van der Waals surface area contributed by atoms with Crippen molar-refractivity contribution in [3.63, 3.8) is 0 Å². The van der Waals surface area contributed by atoms with Crippen LogP contribution in [0.1, 0.15) is 5.56 Å². The fourth-order valence-corrected chi connectivity index (χ4v) is 5.14. The molecule has 0 bridgehead atoms. The van der Waals surface area contributed by atoms with Gasteiger partial charge in [0.25, 0.3) is 10.0 Å². The molecule has 34 heavy (non-hydrogen) atoms. The van der Waals surface area contributed by atoms with Gasteiger partial charge in [0.1, 0.15) is 19.8 Å². The lowest BCUT2D eigenvalue weighted by molar-refractivity contribution is -0.114. The largest absolute Gasteiger partial charge is 0.486 e. The Morgan fingerprint density at radius 3 is 2.41 bits per heavy atom. The molecule has 0 fully saturated rings. The summed E-state index contributed by atoms with van der Waals surface area (Å²) in [5, 5.41) is 2.73. The molecule has 0 saturated heterocycles. The molecule has 1 amide bonds. The van der Waals surface area contributed by atoms with Crippen LogP contribution in [-0.2, 0) is 14.8 Å². The molecule has 0 spiro atoms. The Labute approximate surface area is 196 Å². The first-order chi connectivity index (χ1) is 16.4. The lowest BCUT2D eigenvalue weighted by Gasteiger charge is -2.25. The molecular formula is C24H22N2O7S. The Balaban J connectivity index is 1.45. The van der Waals surface area contributed by atoms with Crippen molar-refractivity contribution in [2.24, 2.45) is 0 Å². The molecule has 2 heterocycles. The van der Waals surface area contributed by atoms with Crippen LogP contribution < -0.4 is 28.6 Å². The smallest absolute Gasteiger partial charge is 0.264 e. The van der Waals surface area contributed by atoms with Gasteiger partial charge in [0.05, 0.1) is 10.6 Å². The minimum Gasteiger partial charge on any atom is -0.486 e. The highest BCUT2D eigenvalue weighted by molar-refractivity contribution is 7.92. The van der Waals surface area contributed by atoms with Crippen molar-refractivity contribution in [1.29, 1.82) is 0 Å². The van der Waals surface area contributed by atoms with Crippen LogP contribution in [0, 0.1) is 6.92 Å². The van der Waals surface area contributed by atoms with Gasteiger partial charge in [0, 0.05) is 17.8 Å². The molecule has 0 aliphatic carbocycles. The Morgan fingerprint density at radius 1 is 0.882 bits per heavy atom. The number of amides is 1. The number of aryl methyl sites for hydroxylation is 1. The van der Waals surface area contributed by atoms with Crippen LogP contribution in [0.3, 0.4) is 0 Å². The number of fused-ring (bicyclic) bond motifs is 2. The fraction of sp³-hybridized carbons (Fsp3) is 0.208. The van der Waals surface area contributed by atoms with Crippen LogP contribution >= 0.6 is 0 Å². The fourth-order valence-electron chi connectivity index (χ4n) is 3.71. The van der Waals surface area contributed by atoms with Crippen LogP contribution in [0.2, 0.25) is 0 Å². The van der Waals surface area contributed by atoms with Gasteiger partial charge in [0.15, 0.2) is 23.0 Å². The summed E-state index contributed by atoms with van der Waals surface area (Å²) in [6.07, 6.45) is 0. The highest BCUT2D eigenvalue weighted by Crippen LogP contribution is 2.35. The third-order valence-electron chi connectivity index (χ3n) is 5.33. The van der Waals surface area contributed by atoms with E-state index in [2.05, 4.69) is 5.32 Å². The summed E-state index contributed by atoms with van der Waals surface area (Å²) < 4.78 is 50.1. The molecule has 1 N–H and O–H groups in total. The van der Waals surface area contributed by atoms with Crippen molar-refractivity contribution >= 4 is 27.3 Å². The molecule has 0 radical (unpaired) electrons. The molecule has 2 aliphatic heterocycles.